The van der Waals surface area contributed by atoms with Crippen LogP contribution in [0.25, 0.3) is 0 Å². The van der Waals surface area contributed by atoms with Crippen LogP contribution in [0.3, 0.4) is 0 Å². The molecule has 0 N–H and O–H groups in total. The van der Waals surface area contributed by atoms with Crippen LogP contribution in [0, 0.1) is 0 Å². The van der Waals surface area contributed by atoms with Crippen LogP contribution in [0.4, 0.5) is 0 Å². The number of unbranched alkanes of at least 4 members (excludes halogenated alkanes) is 4. The molecule has 0 aromatic rings. The molecule has 0 fully saturated rings. The summed E-state index contributed by atoms with van der Waals surface area (Å²) in [5, 5.41) is 0. The van der Waals surface area contributed by atoms with Crippen LogP contribution < -0.4 is 0 Å². The highest BCUT2D eigenvalue weighted by atomic mass is 32.3. The summed E-state index contributed by atoms with van der Waals surface area (Å²) in [5.41, 5.74) is 0. The quantitative estimate of drug-likeness (QED) is 0.454. The average molecular weight is 232 g/mol. The van der Waals surface area contributed by atoms with Gasteiger partial charge in [0.05, 0.1) is 0 Å². The SMILES string of the molecule is CCCCCS(C)(CCCC)CCCC. The van der Waals surface area contributed by atoms with Crippen LogP contribution in [0.1, 0.15) is 65.7 Å². The summed E-state index contributed by atoms with van der Waals surface area (Å²) in [6.07, 6.45) is 12.6. The molecule has 0 atom stereocenters. The summed E-state index contributed by atoms with van der Waals surface area (Å²) in [4.78, 5) is 0. The van der Waals surface area contributed by atoms with Gasteiger partial charge in [0, 0.05) is 0 Å². The summed E-state index contributed by atoms with van der Waals surface area (Å²) in [7, 11) is -0.236. The number of hydrogen-bond acceptors (Lipinski definition) is 0. The van der Waals surface area contributed by atoms with E-state index >= 15 is 0 Å². The van der Waals surface area contributed by atoms with Crippen molar-refractivity contribution in [2.75, 3.05) is 23.5 Å². The zero-order valence-corrected chi connectivity index (χ0v) is 12.3. The third kappa shape index (κ3) is 8.19. The molecule has 0 saturated carbocycles. The average Bonchev–Trinajstić information content (AvgIpc) is 2.24. The Morgan fingerprint density at radius 1 is 0.600 bits per heavy atom. The Morgan fingerprint density at radius 2 is 1.00 bits per heavy atom. The van der Waals surface area contributed by atoms with Crippen LogP contribution in [-0.2, 0) is 0 Å². The topological polar surface area (TPSA) is 0 Å². The van der Waals surface area contributed by atoms with E-state index in [1.54, 1.807) is 5.75 Å². The summed E-state index contributed by atoms with van der Waals surface area (Å²) in [5.74, 6) is 4.61. The van der Waals surface area contributed by atoms with Crippen molar-refractivity contribution in [2.45, 2.75) is 65.7 Å². The molecule has 15 heavy (non-hydrogen) atoms. The first-order valence-electron chi connectivity index (χ1n) is 6.90. The Balaban J connectivity index is 3.89. The summed E-state index contributed by atoms with van der Waals surface area (Å²) >= 11 is 0. The van der Waals surface area contributed by atoms with Gasteiger partial charge in [0.25, 0.3) is 0 Å². The van der Waals surface area contributed by atoms with Gasteiger partial charge in [-0.05, 0) is 42.8 Å². The van der Waals surface area contributed by atoms with Gasteiger partial charge in [-0.3, -0.25) is 0 Å². The van der Waals surface area contributed by atoms with Gasteiger partial charge < -0.3 is 0 Å². The van der Waals surface area contributed by atoms with Gasteiger partial charge in [0.15, 0.2) is 0 Å². The first kappa shape index (κ1) is 15.3. The predicted octanol–water partition coefficient (Wildman–Crippen LogP) is 5.21. The molecule has 0 aromatic heterocycles. The van der Waals surface area contributed by atoms with Crippen LogP contribution in [0.5, 0.6) is 0 Å². The first-order valence-corrected chi connectivity index (χ1v) is 9.44. The van der Waals surface area contributed by atoms with Crippen molar-refractivity contribution < 1.29 is 0 Å². The highest BCUT2D eigenvalue weighted by Crippen LogP contribution is 2.46. The molecule has 0 aliphatic rings. The van der Waals surface area contributed by atoms with E-state index in [0.29, 0.717) is 0 Å². The second-order valence-electron chi connectivity index (χ2n) is 5.00. The molecule has 0 radical (unpaired) electrons. The van der Waals surface area contributed by atoms with Gasteiger partial charge in [-0.15, -0.1) is 0 Å². The van der Waals surface area contributed by atoms with Crippen molar-refractivity contribution >= 4 is 10.0 Å². The summed E-state index contributed by atoms with van der Waals surface area (Å²) < 4.78 is 0. The first-order chi connectivity index (χ1) is 7.18. The van der Waals surface area contributed by atoms with Crippen LogP contribution in [-0.4, -0.2) is 23.5 Å². The lowest BCUT2D eigenvalue weighted by atomic mass is 10.3. The molecule has 1 heteroatoms. The Morgan fingerprint density at radius 3 is 1.40 bits per heavy atom. The molecule has 0 saturated heterocycles. The third-order valence-corrected chi connectivity index (χ3v) is 7.04. The van der Waals surface area contributed by atoms with E-state index in [0.717, 1.165) is 0 Å². The van der Waals surface area contributed by atoms with Crippen molar-refractivity contribution in [3.63, 3.8) is 0 Å². The van der Waals surface area contributed by atoms with E-state index in [9.17, 15) is 0 Å². The minimum atomic E-state index is -0.236. The molecular formula is C14H32S. The van der Waals surface area contributed by atoms with Crippen LogP contribution in [0.15, 0.2) is 0 Å². The second-order valence-corrected chi connectivity index (χ2v) is 9.19. The lowest BCUT2D eigenvalue weighted by Gasteiger charge is -2.36. The largest absolute Gasteiger partial charge is 0.244 e. The van der Waals surface area contributed by atoms with Gasteiger partial charge in [0.2, 0.25) is 0 Å². The fraction of sp³-hybridized carbons (Fsp3) is 1.00. The lowest BCUT2D eigenvalue weighted by molar-refractivity contribution is 0.771. The lowest BCUT2D eigenvalue weighted by Crippen LogP contribution is -2.12. The van der Waals surface area contributed by atoms with Crippen molar-refractivity contribution in [3.05, 3.63) is 0 Å². The highest BCUT2D eigenvalue weighted by Gasteiger charge is 2.16. The third-order valence-electron chi connectivity index (χ3n) is 3.22. The molecule has 0 amide bonds. The van der Waals surface area contributed by atoms with E-state index in [4.69, 9.17) is 0 Å². The van der Waals surface area contributed by atoms with E-state index in [1.165, 1.54) is 56.5 Å². The molecule has 94 valence electrons. The maximum atomic E-state index is 2.61. The molecule has 0 bridgehead atoms. The monoisotopic (exact) mass is 232 g/mol. The Bertz CT molecular complexity index is 123. The summed E-state index contributed by atoms with van der Waals surface area (Å²) in [6, 6.07) is 0. The Labute approximate surface area is 99.5 Å². The van der Waals surface area contributed by atoms with Gasteiger partial charge in [-0.25, -0.2) is 10.0 Å². The maximum Gasteiger partial charge on any atom is -0.0230 e. The zero-order valence-electron chi connectivity index (χ0n) is 11.5. The molecule has 0 aliphatic carbocycles. The summed E-state index contributed by atoms with van der Waals surface area (Å²) in [6.45, 7) is 6.96. The molecule has 0 aliphatic heterocycles. The van der Waals surface area contributed by atoms with Crippen LogP contribution >= 0.6 is 10.0 Å². The molecule has 0 rings (SSSR count). The zero-order chi connectivity index (χ0) is 11.6. The maximum absolute atomic E-state index is 2.61. The van der Waals surface area contributed by atoms with Crippen molar-refractivity contribution in [1.82, 2.24) is 0 Å². The molecule has 0 heterocycles. The Hall–Kier alpha value is 0.350. The number of rotatable bonds is 10. The molecule has 0 aromatic carbocycles. The normalized spacial score (nSPS) is 13.1. The molecule has 0 unspecified atom stereocenters. The second kappa shape index (κ2) is 9.57. The van der Waals surface area contributed by atoms with Gasteiger partial charge >= 0.3 is 0 Å². The number of hydrogen-bond donors (Lipinski definition) is 0. The minimum absolute atomic E-state index is 0.236. The van der Waals surface area contributed by atoms with Crippen molar-refractivity contribution in [3.8, 4) is 0 Å². The van der Waals surface area contributed by atoms with Gasteiger partial charge in [0.1, 0.15) is 0 Å². The molecule has 0 spiro atoms. The minimum Gasteiger partial charge on any atom is -0.244 e. The smallest absolute Gasteiger partial charge is 0.0230 e. The molecular weight excluding hydrogens is 200 g/mol. The van der Waals surface area contributed by atoms with E-state index in [1.807, 2.05) is 0 Å². The van der Waals surface area contributed by atoms with Gasteiger partial charge in [-0.2, -0.15) is 0 Å². The standard InChI is InChI=1S/C14H32S/c1-5-8-11-14-15(4,12-9-6-2)13-10-7-3/h5-14H2,1-4H3. The van der Waals surface area contributed by atoms with Crippen LogP contribution in [0.2, 0.25) is 0 Å². The van der Waals surface area contributed by atoms with Crippen molar-refractivity contribution in [1.29, 1.82) is 0 Å². The Kier molecular flexibility index (Phi) is 9.79. The fourth-order valence-corrected chi connectivity index (χ4v) is 5.48. The van der Waals surface area contributed by atoms with E-state index < -0.39 is 0 Å². The van der Waals surface area contributed by atoms with E-state index in [-0.39, 0.29) is 10.0 Å². The predicted molar refractivity (Wildman–Crippen MR) is 77.5 cm³/mol. The van der Waals surface area contributed by atoms with E-state index in [2.05, 4.69) is 27.0 Å². The highest BCUT2D eigenvalue weighted by molar-refractivity contribution is 8.33. The van der Waals surface area contributed by atoms with Gasteiger partial charge in [-0.1, -0.05) is 46.5 Å². The fourth-order valence-electron chi connectivity index (χ4n) is 1.99. The van der Waals surface area contributed by atoms with Crippen molar-refractivity contribution in [2.24, 2.45) is 0 Å². The molecule has 0 nitrogen and oxygen atoms in total.